The van der Waals surface area contributed by atoms with Crippen molar-refractivity contribution in [1.82, 2.24) is 20.1 Å². The van der Waals surface area contributed by atoms with E-state index in [1.807, 2.05) is 18.8 Å². The highest BCUT2D eigenvalue weighted by molar-refractivity contribution is 4.97. The molecular weight excluding hydrogens is 240 g/mol. The molecule has 0 aromatic carbocycles. The summed E-state index contributed by atoms with van der Waals surface area (Å²) < 4.78 is 7.72. The highest BCUT2D eigenvalue weighted by Crippen LogP contribution is 2.39. The molecule has 1 aromatic rings. The number of aromatic nitrogens is 3. The zero-order chi connectivity index (χ0) is 13.9. The maximum Gasteiger partial charge on any atom is 0.138 e. The van der Waals surface area contributed by atoms with Crippen LogP contribution >= 0.6 is 0 Å². The van der Waals surface area contributed by atoms with Gasteiger partial charge in [0.15, 0.2) is 0 Å². The van der Waals surface area contributed by atoms with Crippen molar-refractivity contribution in [1.29, 1.82) is 0 Å². The first kappa shape index (κ1) is 14.5. The van der Waals surface area contributed by atoms with Gasteiger partial charge in [-0.3, -0.25) is 0 Å². The average molecular weight is 266 g/mol. The van der Waals surface area contributed by atoms with E-state index in [1.54, 1.807) is 6.33 Å². The van der Waals surface area contributed by atoms with Crippen LogP contribution in [0, 0.1) is 0 Å². The van der Waals surface area contributed by atoms with Gasteiger partial charge in [-0.2, -0.15) is 5.10 Å². The number of likely N-dealkylation sites (N-methyl/N-ethyl adjacent to an activating group) is 1. The van der Waals surface area contributed by atoms with Crippen molar-refractivity contribution in [2.75, 3.05) is 14.2 Å². The van der Waals surface area contributed by atoms with Crippen molar-refractivity contribution < 1.29 is 4.74 Å². The summed E-state index contributed by atoms with van der Waals surface area (Å²) in [6, 6.07) is 0.747. The van der Waals surface area contributed by atoms with Gasteiger partial charge in [0.2, 0.25) is 0 Å². The molecule has 2 rings (SSSR count). The lowest BCUT2D eigenvalue weighted by molar-refractivity contribution is -0.0831. The van der Waals surface area contributed by atoms with Gasteiger partial charge in [-0.05, 0) is 46.6 Å². The van der Waals surface area contributed by atoms with Crippen LogP contribution in [0.1, 0.15) is 51.4 Å². The van der Waals surface area contributed by atoms with Gasteiger partial charge >= 0.3 is 0 Å². The molecule has 0 saturated heterocycles. The van der Waals surface area contributed by atoms with Crippen molar-refractivity contribution >= 4 is 0 Å². The lowest BCUT2D eigenvalue weighted by Gasteiger charge is -2.42. The Bertz CT molecular complexity index is 392. The van der Waals surface area contributed by atoms with Crippen molar-refractivity contribution in [3.8, 4) is 0 Å². The number of methoxy groups -OCH3 is 1. The molecule has 1 fully saturated rings. The maximum absolute atomic E-state index is 5.72. The van der Waals surface area contributed by atoms with Crippen LogP contribution in [-0.4, -0.2) is 40.6 Å². The maximum atomic E-state index is 5.72. The Morgan fingerprint density at radius 2 is 2.21 bits per heavy atom. The number of ether oxygens (including phenoxy) is 1. The molecule has 108 valence electrons. The van der Waals surface area contributed by atoms with Gasteiger partial charge in [-0.1, -0.05) is 0 Å². The first-order chi connectivity index (χ1) is 9.10. The first-order valence-electron chi connectivity index (χ1n) is 7.21. The fraction of sp³-hybridized carbons (Fsp3) is 0.857. The molecule has 1 saturated carbocycles. The molecule has 1 unspecified atom stereocenters. The van der Waals surface area contributed by atoms with Crippen LogP contribution in [0.4, 0.5) is 0 Å². The number of nitrogens with one attached hydrogen (secondary N) is 1. The Labute approximate surface area is 115 Å². The van der Waals surface area contributed by atoms with Crippen LogP contribution in [0.25, 0.3) is 0 Å². The van der Waals surface area contributed by atoms with E-state index in [4.69, 9.17) is 4.74 Å². The van der Waals surface area contributed by atoms with Gasteiger partial charge in [0, 0.05) is 25.6 Å². The molecule has 5 heteroatoms. The zero-order valence-electron chi connectivity index (χ0n) is 12.5. The highest BCUT2D eigenvalue weighted by Gasteiger charge is 2.38. The molecular formula is C14H26N4O. The molecule has 1 aromatic heterocycles. The second-order valence-corrected chi connectivity index (χ2v) is 5.85. The van der Waals surface area contributed by atoms with Gasteiger partial charge < -0.3 is 10.1 Å². The summed E-state index contributed by atoms with van der Waals surface area (Å²) >= 11 is 0. The molecule has 1 aliphatic carbocycles. The number of hydrogen-bond donors (Lipinski definition) is 1. The van der Waals surface area contributed by atoms with Gasteiger partial charge in [-0.15, -0.1) is 0 Å². The minimum absolute atomic E-state index is 0.0936. The predicted octanol–water partition coefficient (Wildman–Crippen LogP) is 1.95. The van der Waals surface area contributed by atoms with E-state index in [2.05, 4.69) is 29.2 Å². The molecule has 0 aliphatic heterocycles. The minimum atomic E-state index is 0.0936. The van der Waals surface area contributed by atoms with Crippen LogP contribution in [-0.2, 0) is 11.2 Å². The molecule has 19 heavy (non-hydrogen) atoms. The SMILES string of the molecule is CNC(Cc1ncnn1C(C)C)CC1(OC)CCC1. The van der Waals surface area contributed by atoms with Crippen molar-refractivity contribution in [3.05, 3.63) is 12.2 Å². The minimum Gasteiger partial charge on any atom is -0.378 e. The fourth-order valence-corrected chi connectivity index (χ4v) is 2.86. The van der Waals surface area contributed by atoms with E-state index >= 15 is 0 Å². The van der Waals surface area contributed by atoms with Crippen molar-refractivity contribution in [3.63, 3.8) is 0 Å². The topological polar surface area (TPSA) is 52.0 Å². The monoisotopic (exact) mass is 266 g/mol. The summed E-state index contributed by atoms with van der Waals surface area (Å²) in [4.78, 5) is 4.40. The summed E-state index contributed by atoms with van der Waals surface area (Å²) in [5.41, 5.74) is 0.0936. The third kappa shape index (κ3) is 3.15. The van der Waals surface area contributed by atoms with Gasteiger partial charge in [0.05, 0.1) is 5.60 Å². The lowest BCUT2D eigenvalue weighted by Crippen LogP contribution is -2.46. The Kier molecular flexibility index (Phi) is 4.58. The standard InChI is InChI=1S/C14H26N4O/c1-11(2)18-13(16-10-17-18)8-12(15-3)9-14(19-4)6-5-7-14/h10-12,15H,5-9H2,1-4H3. The fourth-order valence-electron chi connectivity index (χ4n) is 2.86. The van der Waals surface area contributed by atoms with Crippen LogP contribution in [0.3, 0.4) is 0 Å². The second kappa shape index (κ2) is 6.01. The van der Waals surface area contributed by atoms with E-state index in [9.17, 15) is 0 Å². The normalized spacial score (nSPS) is 19.4. The van der Waals surface area contributed by atoms with E-state index in [-0.39, 0.29) is 5.60 Å². The van der Waals surface area contributed by atoms with Gasteiger partial charge in [0.25, 0.3) is 0 Å². The van der Waals surface area contributed by atoms with E-state index in [0.717, 1.165) is 18.7 Å². The van der Waals surface area contributed by atoms with E-state index in [1.165, 1.54) is 19.3 Å². The van der Waals surface area contributed by atoms with E-state index in [0.29, 0.717) is 12.1 Å². The Morgan fingerprint density at radius 3 is 2.68 bits per heavy atom. The molecule has 0 spiro atoms. The molecule has 0 amide bonds. The number of rotatable bonds is 7. The number of hydrogen-bond acceptors (Lipinski definition) is 4. The largest absolute Gasteiger partial charge is 0.378 e. The molecule has 0 radical (unpaired) electrons. The van der Waals surface area contributed by atoms with Crippen molar-refractivity contribution in [2.45, 2.75) is 63.6 Å². The Morgan fingerprint density at radius 1 is 1.47 bits per heavy atom. The lowest BCUT2D eigenvalue weighted by atomic mass is 9.75. The second-order valence-electron chi connectivity index (χ2n) is 5.85. The molecule has 5 nitrogen and oxygen atoms in total. The molecule has 1 atom stereocenters. The summed E-state index contributed by atoms with van der Waals surface area (Å²) in [6.45, 7) is 4.27. The highest BCUT2D eigenvalue weighted by atomic mass is 16.5. The first-order valence-corrected chi connectivity index (χ1v) is 7.21. The summed E-state index contributed by atoms with van der Waals surface area (Å²) in [5, 5.41) is 7.70. The number of nitrogens with zero attached hydrogens (tertiary/aromatic N) is 3. The smallest absolute Gasteiger partial charge is 0.138 e. The van der Waals surface area contributed by atoms with E-state index < -0.39 is 0 Å². The van der Waals surface area contributed by atoms with Gasteiger partial charge in [0.1, 0.15) is 12.2 Å². The quantitative estimate of drug-likeness (QED) is 0.819. The third-order valence-corrected chi connectivity index (χ3v) is 4.29. The third-order valence-electron chi connectivity index (χ3n) is 4.29. The van der Waals surface area contributed by atoms with Crippen LogP contribution < -0.4 is 5.32 Å². The van der Waals surface area contributed by atoms with Gasteiger partial charge in [-0.25, -0.2) is 9.67 Å². The van der Waals surface area contributed by atoms with Crippen molar-refractivity contribution in [2.24, 2.45) is 0 Å². The predicted molar refractivity (Wildman–Crippen MR) is 75.2 cm³/mol. The Balaban J connectivity index is 2.00. The van der Waals surface area contributed by atoms with Crippen LogP contribution in [0.5, 0.6) is 0 Å². The average Bonchev–Trinajstić information content (AvgIpc) is 2.80. The van der Waals surface area contributed by atoms with Crippen LogP contribution in [0.2, 0.25) is 0 Å². The molecule has 1 N–H and O–H groups in total. The summed E-state index contributed by atoms with van der Waals surface area (Å²) in [5.74, 6) is 1.06. The molecule has 0 bridgehead atoms. The molecule has 1 heterocycles. The summed E-state index contributed by atoms with van der Waals surface area (Å²) in [7, 11) is 3.85. The Hall–Kier alpha value is -0.940. The molecule has 1 aliphatic rings. The zero-order valence-corrected chi connectivity index (χ0v) is 12.5. The van der Waals surface area contributed by atoms with Crippen LogP contribution in [0.15, 0.2) is 6.33 Å². The summed E-state index contributed by atoms with van der Waals surface area (Å²) in [6.07, 6.45) is 7.24.